The van der Waals surface area contributed by atoms with Gasteiger partial charge in [0.15, 0.2) is 0 Å². The van der Waals surface area contributed by atoms with Gasteiger partial charge < -0.3 is 10.1 Å². The average molecular weight is 274 g/mol. The van der Waals surface area contributed by atoms with Crippen LogP contribution < -0.4 is 15.6 Å². The van der Waals surface area contributed by atoms with Crippen molar-refractivity contribution in [3.8, 4) is 6.01 Å². The Labute approximate surface area is 117 Å². The monoisotopic (exact) mass is 274 g/mol. The molecular formula is C14H18N4O2. The van der Waals surface area contributed by atoms with E-state index in [0.29, 0.717) is 31.3 Å². The Hall–Kier alpha value is -2.21. The lowest BCUT2D eigenvalue weighted by atomic mass is 10.3. The highest BCUT2D eigenvalue weighted by Gasteiger charge is 2.06. The van der Waals surface area contributed by atoms with Crippen LogP contribution in [0.5, 0.6) is 6.01 Å². The van der Waals surface area contributed by atoms with Crippen molar-refractivity contribution in [3.05, 3.63) is 52.2 Å². The van der Waals surface area contributed by atoms with E-state index in [-0.39, 0.29) is 5.56 Å². The molecule has 0 spiro atoms. The van der Waals surface area contributed by atoms with Gasteiger partial charge >= 0.3 is 0 Å². The van der Waals surface area contributed by atoms with E-state index < -0.39 is 0 Å². The Bertz CT molecular complexity index is 610. The summed E-state index contributed by atoms with van der Waals surface area (Å²) in [5.74, 6) is 0. The molecule has 0 saturated carbocycles. The molecule has 0 aliphatic carbocycles. The largest absolute Gasteiger partial charge is 0.468 e. The molecule has 0 aliphatic heterocycles. The fourth-order valence-corrected chi connectivity index (χ4v) is 1.88. The van der Waals surface area contributed by atoms with Crippen molar-refractivity contribution in [2.45, 2.75) is 20.0 Å². The number of nitrogens with zero attached hydrogens (tertiary/aromatic N) is 3. The molecule has 6 nitrogen and oxygen atoms in total. The van der Waals surface area contributed by atoms with Crippen LogP contribution in [0.4, 0.5) is 0 Å². The van der Waals surface area contributed by atoms with E-state index in [1.54, 1.807) is 13.1 Å². The van der Waals surface area contributed by atoms with Crippen LogP contribution in [0.2, 0.25) is 0 Å². The van der Waals surface area contributed by atoms with Gasteiger partial charge in [0.1, 0.15) is 0 Å². The lowest BCUT2D eigenvalue weighted by Crippen LogP contribution is -2.28. The highest BCUT2D eigenvalue weighted by molar-refractivity contribution is 5.08. The van der Waals surface area contributed by atoms with Gasteiger partial charge in [-0.05, 0) is 18.6 Å². The van der Waals surface area contributed by atoms with Gasteiger partial charge in [-0.15, -0.1) is 0 Å². The molecule has 0 amide bonds. The first-order valence-electron chi connectivity index (χ1n) is 6.43. The molecule has 0 saturated heterocycles. The van der Waals surface area contributed by atoms with Crippen LogP contribution in [0.3, 0.4) is 0 Å². The quantitative estimate of drug-likeness (QED) is 0.787. The molecule has 0 atom stereocenters. The van der Waals surface area contributed by atoms with E-state index in [2.05, 4.69) is 15.3 Å². The van der Waals surface area contributed by atoms with Gasteiger partial charge in [-0.1, -0.05) is 6.07 Å². The molecule has 0 radical (unpaired) electrons. The minimum absolute atomic E-state index is 0.0995. The molecule has 106 valence electrons. The van der Waals surface area contributed by atoms with Gasteiger partial charge in [-0.3, -0.25) is 14.3 Å². The summed E-state index contributed by atoms with van der Waals surface area (Å²) >= 11 is 0. The summed E-state index contributed by atoms with van der Waals surface area (Å²) in [6.07, 6.45) is 3.55. The first-order valence-corrected chi connectivity index (χ1v) is 6.43. The number of aryl methyl sites for hydroxylation is 1. The van der Waals surface area contributed by atoms with E-state index in [4.69, 9.17) is 4.74 Å². The Kier molecular flexibility index (Phi) is 4.84. The fraction of sp³-hybridized carbons (Fsp3) is 0.357. The molecular weight excluding hydrogens is 256 g/mol. The minimum atomic E-state index is -0.0995. The number of rotatable bonds is 6. The number of nitrogens with one attached hydrogen (secondary N) is 1. The van der Waals surface area contributed by atoms with Crippen molar-refractivity contribution < 1.29 is 4.74 Å². The number of methoxy groups -OCH3 is 1. The summed E-state index contributed by atoms with van der Waals surface area (Å²) < 4.78 is 6.65. The zero-order valence-corrected chi connectivity index (χ0v) is 11.7. The van der Waals surface area contributed by atoms with E-state index >= 15 is 0 Å². The summed E-state index contributed by atoms with van der Waals surface area (Å²) in [5, 5.41) is 3.26. The molecule has 2 heterocycles. The first-order chi connectivity index (χ1) is 9.70. The minimum Gasteiger partial charge on any atom is -0.468 e. The van der Waals surface area contributed by atoms with Gasteiger partial charge in [0.25, 0.3) is 11.6 Å². The third-order valence-electron chi connectivity index (χ3n) is 2.85. The first kappa shape index (κ1) is 14.2. The summed E-state index contributed by atoms with van der Waals surface area (Å²) in [6, 6.07) is 5.75. The van der Waals surface area contributed by atoms with Crippen LogP contribution in [-0.2, 0) is 13.1 Å². The molecule has 0 aromatic carbocycles. The SMILES string of the molecule is COc1nc(C)cc(=O)n1CCNCc1cccnc1. The Morgan fingerprint density at radius 3 is 3.00 bits per heavy atom. The van der Waals surface area contributed by atoms with Crippen LogP contribution in [0, 0.1) is 6.92 Å². The van der Waals surface area contributed by atoms with Gasteiger partial charge in [-0.25, -0.2) is 4.98 Å². The standard InChI is InChI=1S/C14H18N4O2/c1-11-8-13(19)18(14(17-11)20-2)7-6-16-10-12-4-3-5-15-9-12/h3-5,8-9,16H,6-7,10H2,1-2H3. The van der Waals surface area contributed by atoms with Crippen LogP contribution in [0.1, 0.15) is 11.3 Å². The lowest BCUT2D eigenvalue weighted by molar-refractivity contribution is 0.342. The summed E-state index contributed by atoms with van der Waals surface area (Å²) in [4.78, 5) is 20.1. The highest BCUT2D eigenvalue weighted by atomic mass is 16.5. The smallest absolute Gasteiger partial charge is 0.299 e. The third-order valence-corrected chi connectivity index (χ3v) is 2.85. The van der Waals surface area contributed by atoms with E-state index in [1.807, 2.05) is 18.3 Å². The van der Waals surface area contributed by atoms with Crippen molar-refractivity contribution in [2.75, 3.05) is 13.7 Å². The summed E-state index contributed by atoms with van der Waals surface area (Å²) in [6.45, 7) is 3.64. The lowest BCUT2D eigenvalue weighted by Gasteiger charge is -2.11. The number of hydrogen-bond acceptors (Lipinski definition) is 5. The van der Waals surface area contributed by atoms with Crippen molar-refractivity contribution in [1.29, 1.82) is 0 Å². The zero-order chi connectivity index (χ0) is 14.4. The number of ether oxygens (including phenoxy) is 1. The van der Waals surface area contributed by atoms with E-state index in [0.717, 1.165) is 5.56 Å². The van der Waals surface area contributed by atoms with Crippen LogP contribution >= 0.6 is 0 Å². The highest BCUT2D eigenvalue weighted by Crippen LogP contribution is 2.03. The summed E-state index contributed by atoms with van der Waals surface area (Å²) in [5.41, 5.74) is 1.66. The zero-order valence-electron chi connectivity index (χ0n) is 11.7. The van der Waals surface area contributed by atoms with E-state index in [9.17, 15) is 4.79 Å². The Morgan fingerprint density at radius 1 is 1.45 bits per heavy atom. The summed E-state index contributed by atoms with van der Waals surface area (Å²) in [7, 11) is 1.51. The molecule has 20 heavy (non-hydrogen) atoms. The predicted octanol–water partition coefficient (Wildman–Crippen LogP) is 0.745. The Balaban J connectivity index is 1.93. The number of aromatic nitrogens is 3. The molecule has 2 rings (SSSR count). The predicted molar refractivity (Wildman–Crippen MR) is 75.7 cm³/mol. The second-order valence-corrected chi connectivity index (χ2v) is 4.41. The van der Waals surface area contributed by atoms with Crippen LogP contribution in [-0.4, -0.2) is 28.2 Å². The van der Waals surface area contributed by atoms with Crippen molar-refractivity contribution in [1.82, 2.24) is 19.9 Å². The van der Waals surface area contributed by atoms with Gasteiger partial charge in [0.05, 0.1) is 7.11 Å². The molecule has 0 unspecified atom stereocenters. The molecule has 0 aliphatic rings. The Morgan fingerprint density at radius 2 is 2.30 bits per heavy atom. The third kappa shape index (κ3) is 3.64. The van der Waals surface area contributed by atoms with Gasteiger partial charge in [0, 0.05) is 43.8 Å². The number of pyridine rings is 1. The fourth-order valence-electron chi connectivity index (χ4n) is 1.88. The van der Waals surface area contributed by atoms with Crippen molar-refractivity contribution in [3.63, 3.8) is 0 Å². The van der Waals surface area contributed by atoms with Gasteiger partial charge in [0.2, 0.25) is 0 Å². The van der Waals surface area contributed by atoms with Crippen molar-refractivity contribution in [2.24, 2.45) is 0 Å². The molecule has 0 fully saturated rings. The molecule has 2 aromatic rings. The second-order valence-electron chi connectivity index (χ2n) is 4.41. The topological polar surface area (TPSA) is 69.0 Å². The second kappa shape index (κ2) is 6.81. The van der Waals surface area contributed by atoms with Crippen molar-refractivity contribution >= 4 is 0 Å². The molecule has 0 bridgehead atoms. The molecule has 6 heteroatoms. The van der Waals surface area contributed by atoms with Gasteiger partial charge in [-0.2, -0.15) is 0 Å². The van der Waals surface area contributed by atoms with E-state index in [1.165, 1.54) is 17.7 Å². The normalized spacial score (nSPS) is 10.5. The number of hydrogen-bond donors (Lipinski definition) is 1. The van der Waals surface area contributed by atoms with Crippen LogP contribution in [0.25, 0.3) is 0 Å². The maximum Gasteiger partial charge on any atom is 0.299 e. The van der Waals surface area contributed by atoms with Crippen LogP contribution in [0.15, 0.2) is 35.4 Å². The maximum absolute atomic E-state index is 11.9. The molecule has 1 N–H and O–H groups in total. The molecule has 2 aromatic heterocycles. The average Bonchev–Trinajstić information content (AvgIpc) is 2.45. The maximum atomic E-state index is 11.9.